The molecule has 3 aliphatic rings. The van der Waals surface area contributed by atoms with E-state index in [2.05, 4.69) is 23.2 Å². The van der Waals surface area contributed by atoms with Crippen LogP contribution in [0.25, 0.3) is 0 Å². The topological polar surface area (TPSA) is 41.6 Å². The highest BCUT2D eigenvalue weighted by Gasteiger charge is 2.54. The van der Waals surface area contributed by atoms with Crippen LogP contribution in [0.4, 0.5) is 5.69 Å². The van der Waals surface area contributed by atoms with Crippen LogP contribution >= 0.6 is 0 Å². The maximum absolute atomic E-state index is 12.9. The van der Waals surface area contributed by atoms with Gasteiger partial charge in [-0.2, -0.15) is 0 Å². The summed E-state index contributed by atoms with van der Waals surface area (Å²) < 4.78 is 6.47. The van der Waals surface area contributed by atoms with Crippen molar-refractivity contribution in [3.05, 3.63) is 29.8 Å². The number of rotatable bonds is 3. The number of ether oxygens (including phenoxy) is 1. The van der Waals surface area contributed by atoms with Crippen molar-refractivity contribution in [3.8, 4) is 0 Å². The largest absolute Gasteiger partial charge is 0.357 e. The van der Waals surface area contributed by atoms with Gasteiger partial charge in [-0.3, -0.25) is 4.79 Å². The number of benzene rings is 1. The van der Waals surface area contributed by atoms with E-state index in [9.17, 15) is 4.79 Å². The van der Waals surface area contributed by atoms with Crippen molar-refractivity contribution < 1.29 is 9.53 Å². The summed E-state index contributed by atoms with van der Waals surface area (Å²) >= 11 is 0. The van der Waals surface area contributed by atoms with E-state index in [4.69, 9.17) is 4.74 Å². The second kappa shape index (κ2) is 5.91. The molecule has 0 aliphatic carbocycles. The van der Waals surface area contributed by atoms with Gasteiger partial charge in [-0.05, 0) is 44.8 Å². The molecular formula is C19H26N2O2. The predicted molar refractivity (Wildman–Crippen MR) is 90.4 cm³/mol. The number of hydrogen-bond acceptors (Lipinski definition) is 3. The first-order valence-corrected chi connectivity index (χ1v) is 9.06. The molecule has 1 N–H and O–H groups in total. The molecule has 4 heteroatoms. The molecule has 1 aromatic carbocycles. The lowest BCUT2D eigenvalue weighted by atomic mass is 9.82. The van der Waals surface area contributed by atoms with Crippen molar-refractivity contribution in [2.75, 3.05) is 18.4 Å². The smallest absolute Gasteiger partial charge is 0.261 e. The van der Waals surface area contributed by atoms with E-state index in [1.807, 2.05) is 18.2 Å². The summed E-state index contributed by atoms with van der Waals surface area (Å²) in [4.78, 5) is 15.4. The van der Waals surface area contributed by atoms with Crippen molar-refractivity contribution in [3.63, 3.8) is 0 Å². The minimum atomic E-state index is -0.776. The Hall–Kier alpha value is -1.39. The SMILES string of the molecule is CCC[C@@H]1C[C@@H](N2CCCC2)C[C@@]2(O1)C(=O)Nc1ccccc12. The molecule has 1 aromatic rings. The molecule has 3 aliphatic heterocycles. The standard InChI is InChI=1S/C19H26N2O2/c1-2-7-15-12-14(21-10-5-6-11-21)13-19(23-15)16-8-3-4-9-17(16)20-18(19)22/h3-4,8-9,14-15H,2,5-7,10-13H2,1H3,(H,20,22)/t14-,15-,19+/m1/s1. The predicted octanol–water partition coefficient (Wildman–Crippen LogP) is 3.28. The van der Waals surface area contributed by atoms with Gasteiger partial charge in [0.2, 0.25) is 0 Å². The Bertz CT molecular complexity index is 597. The van der Waals surface area contributed by atoms with Gasteiger partial charge in [0.15, 0.2) is 5.60 Å². The van der Waals surface area contributed by atoms with Crippen LogP contribution in [0.2, 0.25) is 0 Å². The maximum Gasteiger partial charge on any atom is 0.261 e. The zero-order valence-corrected chi connectivity index (χ0v) is 13.9. The molecule has 0 unspecified atom stereocenters. The van der Waals surface area contributed by atoms with E-state index in [0.717, 1.165) is 36.9 Å². The number of carbonyl (C=O) groups is 1. The molecule has 3 atom stereocenters. The van der Waals surface area contributed by atoms with Gasteiger partial charge in [0.25, 0.3) is 5.91 Å². The number of amides is 1. The number of carbonyl (C=O) groups excluding carboxylic acids is 1. The average Bonchev–Trinajstić information content (AvgIpc) is 3.17. The van der Waals surface area contributed by atoms with Crippen LogP contribution in [-0.4, -0.2) is 36.0 Å². The average molecular weight is 314 g/mol. The van der Waals surface area contributed by atoms with Gasteiger partial charge in [0.1, 0.15) is 0 Å². The first-order chi connectivity index (χ1) is 11.2. The molecule has 4 rings (SSSR count). The number of nitrogens with zero attached hydrogens (tertiary/aromatic N) is 1. The fourth-order valence-corrected chi connectivity index (χ4v) is 4.59. The molecule has 0 bridgehead atoms. The molecule has 1 spiro atoms. The molecule has 0 radical (unpaired) electrons. The quantitative estimate of drug-likeness (QED) is 0.931. The molecule has 2 saturated heterocycles. The van der Waals surface area contributed by atoms with E-state index < -0.39 is 5.60 Å². The highest BCUT2D eigenvalue weighted by Crippen LogP contribution is 2.47. The minimum absolute atomic E-state index is 0.0312. The Morgan fingerprint density at radius 1 is 1.30 bits per heavy atom. The lowest BCUT2D eigenvalue weighted by Crippen LogP contribution is -2.52. The van der Waals surface area contributed by atoms with Gasteiger partial charge in [-0.15, -0.1) is 0 Å². The first kappa shape index (κ1) is 15.2. The Kier molecular flexibility index (Phi) is 3.90. The summed E-state index contributed by atoms with van der Waals surface area (Å²) in [6.07, 6.45) is 6.72. The lowest BCUT2D eigenvalue weighted by Gasteiger charge is -2.44. The molecule has 2 fully saturated rings. The van der Waals surface area contributed by atoms with Crippen molar-refractivity contribution in [1.82, 2.24) is 4.90 Å². The molecule has 124 valence electrons. The van der Waals surface area contributed by atoms with Crippen LogP contribution in [0.5, 0.6) is 0 Å². The third-order valence-electron chi connectivity index (χ3n) is 5.67. The van der Waals surface area contributed by atoms with Crippen molar-refractivity contribution in [2.24, 2.45) is 0 Å². The monoisotopic (exact) mass is 314 g/mol. The van der Waals surface area contributed by atoms with E-state index in [0.29, 0.717) is 6.04 Å². The normalized spacial score (nSPS) is 33.9. The Labute approximate surface area is 138 Å². The summed E-state index contributed by atoms with van der Waals surface area (Å²) in [6.45, 7) is 4.53. The summed E-state index contributed by atoms with van der Waals surface area (Å²) in [5.41, 5.74) is 1.19. The number of nitrogens with one attached hydrogen (secondary N) is 1. The third-order valence-corrected chi connectivity index (χ3v) is 5.67. The molecule has 1 amide bonds. The van der Waals surface area contributed by atoms with Crippen LogP contribution < -0.4 is 5.32 Å². The Balaban J connectivity index is 1.69. The van der Waals surface area contributed by atoms with E-state index in [-0.39, 0.29) is 12.0 Å². The molecule has 0 saturated carbocycles. The fourth-order valence-electron chi connectivity index (χ4n) is 4.59. The summed E-state index contributed by atoms with van der Waals surface area (Å²) in [5.74, 6) is 0.0312. The van der Waals surface area contributed by atoms with Gasteiger partial charge in [-0.25, -0.2) is 0 Å². The van der Waals surface area contributed by atoms with Gasteiger partial charge in [0.05, 0.1) is 6.10 Å². The zero-order chi connectivity index (χ0) is 15.9. The Morgan fingerprint density at radius 2 is 2.09 bits per heavy atom. The van der Waals surface area contributed by atoms with Crippen LogP contribution in [0.3, 0.4) is 0 Å². The van der Waals surface area contributed by atoms with Crippen molar-refractivity contribution >= 4 is 11.6 Å². The fraction of sp³-hybridized carbons (Fsp3) is 0.632. The van der Waals surface area contributed by atoms with E-state index >= 15 is 0 Å². The van der Waals surface area contributed by atoms with Gasteiger partial charge in [0, 0.05) is 23.7 Å². The number of fused-ring (bicyclic) bond motifs is 2. The highest BCUT2D eigenvalue weighted by molar-refractivity contribution is 6.05. The molecule has 4 nitrogen and oxygen atoms in total. The zero-order valence-electron chi connectivity index (χ0n) is 13.9. The number of hydrogen-bond donors (Lipinski definition) is 1. The second-order valence-electron chi connectivity index (χ2n) is 7.19. The number of likely N-dealkylation sites (tertiary alicyclic amines) is 1. The van der Waals surface area contributed by atoms with Crippen molar-refractivity contribution in [1.29, 1.82) is 0 Å². The van der Waals surface area contributed by atoms with Crippen molar-refractivity contribution in [2.45, 2.75) is 63.2 Å². The van der Waals surface area contributed by atoms with Crippen LogP contribution in [-0.2, 0) is 15.1 Å². The molecular weight excluding hydrogens is 288 g/mol. The van der Waals surface area contributed by atoms with E-state index in [1.165, 1.54) is 25.9 Å². The third kappa shape index (κ3) is 2.48. The van der Waals surface area contributed by atoms with Gasteiger partial charge < -0.3 is 15.0 Å². The van der Waals surface area contributed by atoms with Gasteiger partial charge in [-0.1, -0.05) is 31.5 Å². The van der Waals surface area contributed by atoms with Crippen LogP contribution in [0.1, 0.15) is 51.0 Å². The van der Waals surface area contributed by atoms with Gasteiger partial charge >= 0.3 is 0 Å². The summed E-state index contributed by atoms with van der Waals surface area (Å²) in [5, 5.41) is 3.05. The van der Waals surface area contributed by atoms with E-state index in [1.54, 1.807) is 0 Å². The van der Waals surface area contributed by atoms with Crippen LogP contribution in [0, 0.1) is 0 Å². The second-order valence-corrected chi connectivity index (χ2v) is 7.19. The molecule has 0 aromatic heterocycles. The molecule has 3 heterocycles. The molecule has 23 heavy (non-hydrogen) atoms. The lowest BCUT2D eigenvalue weighted by molar-refractivity contribution is -0.172. The number of para-hydroxylation sites is 1. The first-order valence-electron chi connectivity index (χ1n) is 9.06. The number of anilines is 1. The minimum Gasteiger partial charge on any atom is -0.357 e. The maximum atomic E-state index is 12.9. The highest BCUT2D eigenvalue weighted by atomic mass is 16.5. The summed E-state index contributed by atoms with van der Waals surface area (Å²) in [7, 11) is 0. The Morgan fingerprint density at radius 3 is 2.87 bits per heavy atom. The summed E-state index contributed by atoms with van der Waals surface area (Å²) in [6, 6.07) is 8.49. The van der Waals surface area contributed by atoms with Crippen LogP contribution in [0.15, 0.2) is 24.3 Å².